The molecule has 19 heteroatoms. The number of hydrazine groups is 1. The summed E-state index contributed by atoms with van der Waals surface area (Å²) in [5, 5.41) is 19.2. The molecule has 0 fully saturated rings. The highest BCUT2D eigenvalue weighted by Crippen LogP contribution is 2.16. The molecular formula is C32H42N8O11. The lowest BCUT2D eigenvalue weighted by Gasteiger charge is -2.22. The van der Waals surface area contributed by atoms with Gasteiger partial charge < -0.3 is 41.2 Å². The molecule has 7 N–H and O–H groups in total. The molecule has 19 nitrogen and oxygen atoms in total. The summed E-state index contributed by atoms with van der Waals surface area (Å²) in [5.74, 6) is -3.87. The summed E-state index contributed by atoms with van der Waals surface area (Å²) in [4.78, 5) is 89.6. The number of amides is 4. The van der Waals surface area contributed by atoms with Gasteiger partial charge in [-0.25, -0.2) is 29.5 Å². The van der Waals surface area contributed by atoms with Gasteiger partial charge in [0.05, 0.1) is 19.2 Å². The smallest absolute Gasteiger partial charge is 0.408 e. The zero-order valence-electron chi connectivity index (χ0n) is 28.6. The largest absolute Gasteiger partial charge is 0.467 e. The highest BCUT2D eigenvalue weighted by Gasteiger charge is 2.28. The molecule has 2 aromatic rings. The van der Waals surface area contributed by atoms with Crippen molar-refractivity contribution in [3.8, 4) is 5.75 Å². The second-order valence-corrected chi connectivity index (χ2v) is 11.7. The predicted octanol–water partition coefficient (Wildman–Crippen LogP) is 0.108. The van der Waals surface area contributed by atoms with Crippen LogP contribution >= 0.6 is 0 Å². The van der Waals surface area contributed by atoms with Gasteiger partial charge in [0.25, 0.3) is 5.96 Å². The van der Waals surface area contributed by atoms with Crippen molar-refractivity contribution in [2.24, 2.45) is 10.7 Å². The molecule has 2 rings (SSSR count). The third kappa shape index (κ3) is 16.6. The lowest BCUT2D eigenvalue weighted by atomic mass is 10.0. The van der Waals surface area contributed by atoms with Gasteiger partial charge in [0.1, 0.15) is 30.0 Å². The van der Waals surface area contributed by atoms with E-state index < -0.39 is 77.5 Å². The second kappa shape index (κ2) is 20.3. The molecule has 0 bridgehead atoms. The fraction of sp³-hybridized carbons (Fsp3) is 0.406. The van der Waals surface area contributed by atoms with Crippen molar-refractivity contribution in [3.63, 3.8) is 0 Å². The van der Waals surface area contributed by atoms with Crippen molar-refractivity contribution in [1.29, 1.82) is 0 Å². The number of carbonyl (C=O) groups is 6. The Morgan fingerprint density at radius 2 is 1.55 bits per heavy atom. The summed E-state index contributed by atoms with van der Waals surface area (Å²) in [6.07, 6.45) is -0.775. The minimum Gasteiger partial charge on any atom is -0.467 e. The quantitative estimate of drug-likeness (QED) is 0.0242. The Bertz CT molecular complexity index is 1560. The van der Waals surface area contributed by atoms with E-state index in [0.29, 0.717) is 11.1 Å². The fourth-order valence-corrected chi connectivity index (χ4v) is 4.12. The van der Waals surface area contributed by atoms with E-state index in [1.807, 2.05) is 0 Å². The number of ether oxygens (including phenoxy) is 3. The van der Waals surface area contributed by atoms with Crippen LogP contribution in [0.5, 0.6) is 5.75 Å². The van der Waals surface area contributed by atoms with Crippen LogP contribution in [0.3, 0.4) is 0 Å². The molecule has 0 aliphatic rings. The van der Waals surface area contributed by atoms with Gasteiger partial charge in [-0.2, -0.15) is 0 Å². The summed E-state index contributed by atoms with van der Waals surface area (Å²) in [6.45, 7) is 3.88. The average Bonchev–Trinajstić information content (AvgIpc) is 3.07. The third-order valence-corrected chi connectivity index (χ3v) is 6.41. The number of aliphatic imine (C=N–C) groups is 1. The molecule has 0 saturated heterocycles. The van der Waals surface area contributed by atoms with E-state index in [4.69, 9.17) is 19.9 Å². The SMILES string of the molecule is COC(=O)[C@H](CCCN=C(N)N[N+](=O)[O-])NC(=O)[C@H](Cc1ccc(OC(=O)c2ccccc2)cc1)NC(=O)CNC(=O)CNC(=O)OC(C)(C)C. The number of nitrogens with one attached hydrogen (secondary N) is 5. The predicted molar refractivity (Wildman–Crippen MR) is 181 cm³/mol. The summed E-state index contributed by atoms with van der Waals surface area (Å²) in [5.41, 5.74) is 7.16. The molecule has 276 valence electrons. The van der Waals surface area contributed by atoms with E-state index in [-0.39, 0.29) is 31.6 Å². The minimum absolute atomic E-state index is 0.00346. The lowest BCUT2D eigenvalue weighted by Crippen LogP contribution is -2.54. The van der Waals surface area contributed by atoms with Crippen molar-refractivity contribution in [2.75, 3.05) is 26.7 Å². The fourth-order valence-electron chi connectivity index (χ4n) is 4.12. The van der Waals surface area contributed by atoms with Crippen LogP contribution in [0, 0.1) is 10.1 Å². The van der Waals surface area contributed by atoms with Crippen molar-refractivity contribution < 1.29 is 48.0 Å². The van der Waals surface area contributed by atoms with Crippen LogP contribution in [0.4, 0.5) is 4.79 Å². The van der Waals surface area contributed by atoms with E-state index >= 15 is 0 Å². The van der Waals surface area contributed by atoms with E-state index in [2.05, 4.69) is 26.3 Å². The number of carbonyl (C=O) groups excluding carboxylic acids is 6. The zero-order chi connectivity index (χ0) is 38.0. The van der Waals surface area contributed by atoms with E-state index in [0.717, 1.165) is 7.11 Å². The monoisotopic (exact) mass is 714 g/mol. The zero-order valence-corrected chi connectivity index (χ0v) is 28.6. The first-order valence-corrected chi connectivity index (χ1v) is 15.5. The average molecular weight is 715 g/mol. The molecule has 0 saturated carbocycles. The Kier molecular flexibility index (Phi) is 16.3. The molecule has 0 radical (unpaired) electrons. The van der Waals surface area contributed by atoms with E-state index in [1.165, 1.54) is 12.1 Å². The molecule has 0 aliphatic heterocycles. The molecule has 2 atom stereocenters. The number of guanidine groups is 1. The van der Waals surface area contributed by atoms with Crippen LogP contribution in [0.1, 0.15) is 49.5 Å². The summed E-state index contributed by atoms with van der Waals surface area (Å²) >= 11 is 0. The van der Waals surface area contributed by atoms with E-state index in [9.17, 15) is 38.9 Å². The van der Waals surface area contributed by atoms with Crippen LogP contribution in [-0.4, -0.2) is 91.2 Å². The Balaban J connectivity index is 2.13. The number of benzene rings is 2. The number of nitrogens with two attached hydrogens (primary N) is 1. The van der Waals surface area contributed by atoms with Gasteiger partial charge >= 0.3 is 18.0 Å². The number of hydrogen-bond acceptors (Lipinski definition) is 12. The molecule has 4 amide bonds. The molecule has 2 aromatic carbocycles. The number of nitro groups is 1. The molecule has 0 aromatic heterocycles. The van der Waals surface area contributed by atoms with Gasteiger partial charge in [-0.15, -0.1) is 0 Å². The van der Waals surface area contributed by atoms with Crippen molar-refractivity contribution in [1.82, 2.24) is 26.7 Å². The van der Waals surface area contributed by atoms with Crippen molar-refractivity contribution in [2.45, 2.75) is 57.7 Å². The van der Waals surface area contributed by atoms with Crippen molar-refractivity contribution >= 4 is 41.7 Å². The third-order valence-electron chi connectivity index (χ3n) is 6.41. The Labute approximate surface area is 293 Å². The molecular weight excluding hydrogens is 672 g/mol. The maximum atomic E-state index is 13.5. The summed E-state index contributed by atoms with van der Waals surface area (Å²) in [7, 11) is 1.12. The maximum absolute atomic E-state index is 13.5. The first-order valence-electron chi connectivity index (χ1n) is 15.5. The van der Waals surface area contributed by atoms with Gasteiger partial charge in [0.2, 0.25) is 17.7 Å². The first-order chi connectivity index (χ1) is 24.1. The molecule has 0 aliphatic carbocycles. The molecule has 0 spiro atoms. The van der Waals surface area contributed by atoms with Crippen LogP contribution in [-0.2, 0) is 35.1 Å². The van der Waals surface area contributed by atoms with Crippen LogP contribution < -0.4 is 37.2 Å². The van der Waals surface area contributed by atoms with Gasteiger partial charge in [-0.1, -0.05) is 35.8 Å². The van der Waals surface area contributed by atoms with Crippen LogP contribution in [0.15, 0.2) is 59.6 Å². The summed E-state index contributed by atoms with van der Waals surface area (Å²) in [6, 6.07) is 12.0. The van der Waals surface area contributed by atoms with Crippen LogP contribution in [0.2, 0.25) is 0 Å². The Morgan fingerprint density at radius 1 is 0.902 bits per heavy atom. The van der Waals surface area contributed by atoms with E-state index in [1.54, 1.807) is 68.7 Å². The normalized spacial score (nSPS) is 12.3. The van der Waals surface area contributed by atoms with Crippen LogP contribution in [0.25, 0.3) is 0 Å². The number of alkyl carbamates (subject to hydrolysis) is 1. The first kappa shape index (κ1) is 40.9. The summed E-state index contributed by atoms with van der Waals surface area (Å²) < 4.78 is 15.2. The van der Waals surface area contributed by atoms with Crippen molar-refractivity contribution in [3.05, 3.63) is 75.8 Å². The van der Waals surface area contributed by atoms with Gasteiger partial charge in [-0.05, 0) is 63.4 Å². The minimum atomic E-state index is -1.28. The number of rotatable bonds is 17. The van der Waals surface area contributed by atoms with Gasteiger partial charge in [0, 0.05) is 13.0 Å². The molecule has 0 unspecified atom stereocenters. The van der Waals surface area contributed by atoms with Gasteiger partial charge in [-0.3, -0.25) is 14.4 Å². The topological polar surface area (TPSA) is 272 Å². The lowest BCUT2D eigenvalue weighted by molar-refractivity contribution is -0.525. The highest BCUT2D eigenvalue weighted by molar-refractivity contribution is 5.93. The number of methoxy groups -OCH3 is 1. The van der Waals surface area contributed by atoms with Gasteiger partial charge in [0.15, 0.2) is 5.03 Å². The molecule has 51 heavy (non-hydrogen) atoms. The maximum Gasteiger partial charge on any atom is 0.408 e. The number of esters is 2. The number of nitrogens with zero attached hydrogens (tertiary/aromatic N) is 2. The Hall–Kier alpha value is -6.27. The number of hydrogen-bond donors (Lipinski definition) is 6. The Morgan fingerprint density at radius 3 is 2.16 bits per heavy atom. The molecule has 0 heterocycles. The highest BCUT2D eigenvalue weighted by atomic mass is 16.7. The second-order valence-electron chi connectivity index (χ2n) is 11.7. The standard InChI is InChI=1S/C32H42N8O11/c1-32(2,3)51-31(46)36-18-25(41)35-19-26(42)37-24(17-20-12-14-22(15-13-20)50-28(44)21-9-6-5-7-10-21)27(43)38-23(29(45)49-4)11-8-16-34-30(33)39-40(47)48/h5-7,9-10,12-15,23-24H,8,11,16-19H2,1-4H3,(H,35,41)(H,36,46)(H,37,42)(H,38,43)(H3,33,34,39)/t23-,24-/m0/s1.